The van der Waals surface area contributed by atoms with Crippen LogP contribution in [0.1, 0.15) is 52.9 Å². The molecule has 0 aromatic heterocycles. The summed E-state index contributed by atoms with van der Waals surface area (Å²) in [5.74, 6) is 3.24. The van der Waals surface area contributed by atoms with Gasteiger partial charge in [0, 0.05) is 32.7 Å². The SMILES string of the molecule is CC1CC(C)CN(CCCCN=C(N)N2CCCC(C)C2)C1.I. The maximum absolute atomic E-state index is 6.14. The first-order valence-corrected chi connectivity index (χ1v) is 9.31. The van der Waals surface area contributed by atoms with Gasteiger partial charge >= 0.3 is 0 Å². The van der Waals surface area contributed by atoms with Gasteiger partial charge in [-0.05, 0) is 56.4 Å². The van der Waals surface area contributed by atoms with E-state index >= 15 is 0 Å². The van der Waals surface area contributed by atoms with Crippen LogP contribution in [0.5, 0.6) is 0 Å². The van der Waals surface area contributed by atoms with Gasteiger partial charge in [0.15, 0.2) is 5.96 Å². The number of halogens is 1. The van der Waals surface area contributed by atoms with Crippen LogP contribution in [-0.4, -0.2) is 55.0 Å². The Morgan fingerprint density at radius 1 is 1.04 bits per heavy atom. The van der Waals surface area contributed by atoms with E-state index in [1.165, 1.54) is 45.3 Å². The maximum Gasteiger partial charge on any atom is 0.191 e. The van der Waals surface area contributed by atoms with E-state index in [4.69, 9.17) is 5.73 Å². The molecule has 2 heterocycles. The summed E-state index contributed by atoms with van der Waals surface area (Å²) in [6, 6.07) is 0. The standard InChI is InChI=1S/C18H36N4.HI/c1-15-7-6-10-22(14-15)18(19)20-8-4-5-9-21-12-16(2)11-17(3)13-21;/h15-17H,4-14H2,1-3H3,(H2,19,20);1H. The Labute approximate surface area is 160 Å². The Balaban J connectivity index is 0.00000264. The van der Waals surface area contributed by atoms with E-state index in [0.29, 0.717) is 0 Å². The minimum Gasteiger partial charge on any atom is -0.370 e. The first-order chi connectivity index (χ1) is 10.5. The van der Waals surface area contributed by atoms with Crippen LogP contribution in [0.15, 0.2) is 4.99 Å². The van der Waals surface area contributed by atoms with Crippen LogP contribution in [0.3, 0.4) is 0 Å². The van der Waals surface area contributed by atoms with Crippen molar-refractivity contribution in [1.82, 2.24) is 9.80 Å². The summed E-state index contributed by atoms with van der Waals surface area (Å²) in [5.41, 5.74) is 6.14. The molecule has 0 aromatic rings. The number of unbranched alkanes of at least 4 members (excludes halogenated alkanes) is 1. The lowest BCUT2D eigenvalue weighted by atomic mass is 9.92. The van der Waals surface area contributed by atoms with Gasteiger partial charge in [0.25, 0.3) is 0 Å². The van der Waals surface area contributed by atoms with Crippen LogP contribution in [-0.2, 0) is 0 Å². The van der Waals surface area contributed by atoms with E-state index in [1.807, 2.05) is 0 Å². The fraction of sp³-hybridized carbons (Fsp3) is 0.944. The molecule has 0 amide bonds. The van der Waals surface area contributed by atoms with Crippen molar-refractivity contribution in [3.63, 3.8) is 0 Å². The molecule has 5 heteroatoms. The number of guanidine groups is 1. The number of likely N-dealkylation sites (tertiary alicyclic amines) is 2. The molecule has 23 heavy (non-hydrogen) atoms. The molecule has 2 fully saturated rings. The summed E-state index contributed by atoms with van der Waals surface area (Å²) in [5, 5.41) is 0. The number of rotatable bonds is 5. The van der Waals surface area contributed by atoms with Gasteiger partial charge in [0.1, 0.15) is 0 Å². The summed E-state index contributed by atoms with van der Waals surface area (Å²) in [6.07, 6.45) is 6.38. The molecule has 2 aliphatic heterocycles. The van der Waals surface area contributed by atoms with Gasteiger partial charge < -0.3 is 15.5 Å². The minimum atomic E-state index is 0. The number of piperidine rings is 2. The van der Waals surface area contributed by atoms with Crippen molar-refractivity contribution in [3.8, 4) is 0 Å². The monoisotopic (exact) mass is 436 g/mol. The predicted molar refractivity (Wildman–Crippen MR) is 110 cm³/mol. The molecule has 2 N–H and O–H groups in total. The van der Waals surface area contributed by atoms with Gasteiger partial charge in [-0.3, -0.25) is 4.99 Å². The van der Waals surface area contributed by atoms with E-state index in [-0.39, 0.29) is 24.0 Å². The molecule has 136 valence electrons. The number of hydrogen-bond acceptors (Lipinski definition) is 2. The molecule has 2 saturated heterocycles. The maximum atomic E-state index is 6.14. The number of nitrogens with zero attached hydrogens (tertiary/aromatic N) is 3. The highest BCUT2D eigenvalue weighted by atomic mass is 127. The molecule has 0 aromatic carbocycles. The Morgan fingerprint density at radius 3 is 2.39 bits per heavy atom. The molecule has 3 unspecified atom stereocenters. The number of hydrogen-bond donors (Lipinski definition) is 1. The second kappa shape index (κ2) is 10.7. The highest BCUT2D eigenvalue weighted by Crippen LogP contribution is 2.21. The topological polar surface area (TPSA) is 44.9 Å². The lowest BCUT2D eigenvalue weighted by Gasteiger charge is -2.34. The Bertz CT molecular complexity index is 351. The second-order valence-corrected chi connectivity index (χ2v) is 7.85. The van der Waals surface area contributed by atoms with Crippen LogP contribution in [0.25, 0.3) is 0 Å². The molecule has 2 aliphatic rings. The summed E-state index contributed by atoms with van der Waals surface area (Å²) in [6.45, 7) is 13.9. The van der Waals surface area contributed by atoms with Crippen LogP contribution in [0.4, 0.5) is 0 Å². The lowest BCUT2D eigenvalue weighted by Crippen LogP contribution is -2.43. The first-order valence-electron chi connectivity index (χ1n) is 9.31. The van der Waals surface area contributed by atoms with E-state index in [0.717, 1.165) is 49.8 Å². The fourth-order valence-electron chi connectivity index (χ4n) is 4.11. The van der Waals surface area contributed by atoms with E-state index in [2.05, 4.69) is 35.6 Å². The molecule has 3 atom stereocenters. The normalized spacial score (nSPS) is 30.1. The van der Waals surface area contributed by atoms with Crippen molar-refractivity contribution in [3.05, 3.63) is 0 Å². The van der Waals surface area contributed by atoms with Crippen LogP contribution in [0, 0.1) is 17.8 Å². The lowest BCUT2D eigenvalue weighted by molar-refractivity contribution is 0.139. The molecule has 0 radical (unpaired) electrons. The van der Waals surface area contributed by atoms with E-state index < -0.39 is 0 Å². The average molecular weight is 436 g/mol. The van der Waals surface area contributed by atoms with Crippen LogP contribution in [0.2, 0.25) is 0 Å². The zero-order valence-electron chi connectivity index (χ0n) is 15.3. The largest absolute Gasteiger partial charge is 0.370 e. The fourth-order valence-corrected chi connectivity index (χ4v) is 4.11. The first kappa shape index (κ1) is 21.0. The molecule has 0 spiro atoms. The molecule has 2 rings (SSSR count). The van der Waals surface area contributed by atoms with Gasteiger partial charge in [0.05, 0.1) is 0 Å². The average Bonchev–Trinajstić information content (AvgIpc) is 2.45. The molecular formula is C18H37IN4. The van der Waals surface area contributed by atoms with Gasteiger partial charge in [-0.25, -0.2) is 0 Å². The van der Waals surface area contributed by atoms with Crippen LogP contribution < -0.4 is 5.73 Å². The number of aliphatic imine (C=N–C) groups is 1. The minimum absolute atomic E-state index is 0. The van der Waals surface area contributed by atoms with Crippen molar-refractivity contribution in [2.75, 3.05) is 39.3 Å². The van der Waals surface area contributed by atoms with Crippen molar-refractivity contribution >= 4 is 29.9 Å². The van der Waals surface area contributed by atoms with Crippen LogP contribution >= 0.6 is 24.0 Å². The van der Waals surface area contributed by atoms with E-state index in [1.54, 1.807) is 0 Å². The Hall–Kier alpha value is -0.0400. The van der Waals surface area contributed by atoms with Gasteiger partial charge in [0.2, 0.25) is 0 Å². The highest BCUT2D eigenvalue weighted by molar-refractivity contribution is 14.0. The van der Waals surface area contributed by atoms with Gasteiger partial charge in [-0.1, -0.05) is 20.8 Å². The molecule has 0 aliphatic carbocycles. The van der Waals surface area contributed by atoms with Gasteiger partial charge in [-0.2, -0.15) is 0 Å². The Morgan fingerprint density at radius 2 is 1.74 bits per heavy atom. The number of nitrogens with two attached hydrogens (primary N) is 1. The van der Waals surface area contributed by atoms with E-state index in [9.17, 15) is 0 Å². The summed E-state index contributed by atoms with van der Waals surface area (Å²) in [4.78, 5) is 9.50. The van der Waals surface area contributed by atoms with Crippen molar-refractivity contribution in [2.24, 2.45) is 28.5 Å². The third-order valence-corrected chi connectivity index (χ3v) is 5.08. The zero-order chi connectivity index (χ0) is 15.9. The van der Waals surface area contributed by atoms with Crippen molar-refractivity contribution < 1.29 is 0 Å². The quantitative estimate of drug-likeness (QED) is 0.311. The molecule has 0 saturated carbocycles. The predicted octanol–water partition coefficient (Wildman–Crippen LogP) is 3.41. The summed E-state index contributed by atoms with van der Waals surface area (Å²) >= 11 is 0. The summed E-state index contributed by atoms with van der Waals surface area (Å²) in [7, 11) is 0. The third kappa shape index (κ3) is 7.59. The third-order valence-electron chi connectivity index (χ3n) is 5.08. The highest BCUT2D eigenvalue weighted by Gasteiger charge is 2.21. The van der Waals surface area contributed by atoms with Crippen molar-refractivity contribution in [2.45, 2.75) is 52.9 Å². The molecular weight excluding hydrogens is 399 g/mol. The smallest absolute Gasteiger partial charge is 0.191 e. The Kier molecular flexibility index (Phi) is 9.82. The molecule has 4 nitrogen and oxygen atoms in total. The zero-order valence-corrected chi connectivity index (χ0v) is 17.7. The second-order valence-electron chi connectivity index (χ2n) is 7.85. The summed E-state index contributed by atoms with van der Waals surface area (Å²) < 4.78 is 0. The molecule has 0 bridgehead atoms. The van der Waals surface area contributed by atoms with Crippen molar-refractivity contribution in [1.29, 1.82) is 0 Å². The van der Waals surface area contributed by atoms with Gasteiger partial charge in [-0.15, -0.1) is 24.0 Å².